The molecule has 0 spiro atoms. The summed E-state index contributed by atoms with van der Waals surface area (Å²) in [7, 11) is 0. The summed E-state index contributed by atoms with van der Waals surface area (Å²) in [6.45, 7) is 2.76. The number of benzene rings is 1. The lowest BCUT2D eigenvalue weighted by atomic mass is 10.2. The van der Waals surface area contributed by atoms with Crippen molar-refractivity contribution in [2.24, 2.45) is 0 Å². The fourth-order valence-corrected chi connectivity index (χ4v) is 1.34. The fraction of sp³-hybridized carbons (Fsp3) is 0.417. The Morgan fingerprint density at radius 2 is 2.06 bits per heavy atom. The maximum absolute atomic E-state index is 10.9. The van der Waals surface area contributed by atoms with E-state index in [0.29, 0.717) is 13.2 Å². The van der Waals surface area contributed by atoms with Gasteiger partial charge in [-0.15, -0.1) is 0 Å². The molecule has 0 heterocycles. The second-order valence-corrected chi connectivity index (χ2v) is 4.00. The highest BCUT2D eigenvalue weighted by molar-refractivity contribution is 9.09. The van der Waals surface area contributed by atoms with Crippen LogP contribution in [0.25, 0.3) is 0 Å². The Morgan fingerprint density at radius 1 is 1.38 bits per heavy atom. The van der Waals surface area contributed by atoms with Crippen LogP contribution in [0.4, 0.5) is 0 Å². The molecule has 0 aliphatic heterocycles. The van der Waals surface area contributed by atoms with Crippen LogP contribution < -0.4 is 0 Å². The van der Waals surface area contributed by atoms with Gasteiger partial charge in [-0.25, -0.2) is 0 Å². The van der Waals surface area contributed by atoms with E-state index in [0.717, 1.165) is 5.56 Å². The van der Waals surface area contributed by atoms with Crippen molar-refractivity contribution in [3.63, 3.8) is 0 Å². The standard InChI is InChI=1S/C12H15BrO3/c1-10(16-12(14)7-13)8-15-9-11-5-3-2-4-6-11/h2-6,10H,7-9H2,1H3. The molecule has 0 saturated carbocycles. The van der Waals surface area contributed by atoms with Crippen LogP contribution in [-0.4, -0.2) is 24.0 Å². The molecule has 0 saturated heterocycles. The monoisotopic (exact) mass is 286 g/mol. The van der Waals surface area contributed by atoms with E-state index in [1.807, 2.05) is 37.3 Å². The number of ether oxygens (including phenoxy) is 2. The minimum absolute atomic E-state index is 0.214. The Kier molecular flexibility index (Phi) is 6.11. The van der Waals surface area contributed by atoms with E-state index < -0.39 is 0 Å². The largest absolute Gasteiger partial charge is 0.460 e. The molecule has 0 N–H and O–H groups in total. The number of hydrogen-bond acceptors (Lipinski definition) is 3. The van der Waals surface area contributed by atoms with Crippen molar-refractivity contribution < 1.29 is 14.3 Å². The maximum atomic E-state index is 10.9. The van der Waals surface area contributed by atoms with Crippen molar-refractivity contribution in [2.45, 2.75) is 19.6 Å². The van der Waals surface area contributed by atoms with Gasteiger partial charge in [0, 0.05) is 0 Å². The molecular weight excluding hydrogens is 272 g/mol. The summed E-state index contributed by atoms with van der Waals surface area (Å²) in [5.41, 5.74) is 1.11. The summed E-state index contributed by atoms with van der Waals surface area (Å²) in [6, 6.07) is 9.88. The Hall–Kier alpha value is -0.870. The van der Waals surface area contributed by atoms with Gasteiger partial charge in [-0.2, -0.15) is 0 Å². The van der Waals surface area contributed by atoms with Crippen LogP contribution >= 0.6 is 15.9 Å². The molecule has 4 heteroatoms. The minimum Gasteiger partial charge on any atom is -0.460 e. The second-order valence-electron chi connectivity index (χ2n) is 3.43. The second kappa shape index (κ2) is 7.41. The molecule has 3 nitrogen and oxygen atoms in total. The molecule has 1 atom stereocenters. The van der Waals surface area contributed by atoms with Gasteiger partial charge < -0.3 is 9.47 Å². The molecule has 0 aromatic heterocycles. The highest BCUT2D eigenvalue weighted by Crippen LogP contribution is 2.02. The van der Waals surface area contributed by atoms with Crippen molar-refractivity contribution >= 4 is 21.9 Å². The van der Waals surface area contributed by atoms with E-state index in [-0.39, 0.29) is 17.4 Å². The third-order valence-electron chi connectivity index (χ3n) is 1.91. The van der Waals surface area contributed by atoms with Crippen LogP contribution in [0.1, 0.15) is 12.5 Å². The highest BCUT2D eigenvalue weighted by Gasteiger charge is 2.07. The van der Waals surface area contributed by atoms with E-state index in [1.165, 1.54) is 0 Å². The predicted octanol–water partition coefficient (Wildman–Crippen LogP) is 2.53. The number of halogens is 1. The first-order chi connectivity index (χ1) is 7.72. The third kappa shape index (κ3) is 5.28. The fourth-order valence-electron chi connectivity index (χ4n) is 1.21. The summed E-state index contributed by atoms with van der Waals surface area (Å²) >= 11 is 3.03. The molecule has 0 aliphatic rings. The predicted molar refractivity (Wildman–Crippen MR) is 65.4 cm³/mol. The lowest BCUT2D eigenvalue weighted by Gasteiger charge is -2.12. The van der Waals surface area contributed by atoms with E-state index >= 15 is 0 Å². The third-order valence-corrected chi connectivity index (χ3v) is 2.36. The lowest BCUT2D eigenvalue weighted by molar-refractivity contribution is -0.147. The summed E-state index contributed by atoms with van der Waals surface area (Å²) in [4.78, 5) is 10.9. The number of hydrogen-bond donors (Lipinski definition) is 0. The van der Waals surface area contributed by atoms with Gasteiger partial charge in [0.2, 0.25) is 0 Å². The SMILES string of the molecule is CC(COCc1ccccc1)OC(=O)CBr. The molecule has 1 aromatic rings. The first kappa shape index (κ1) is 13.2. The maximum Gasteiger partial charge on any atom is 0.316 e. The van der Waals surface area contributed by atoms with Gasteiger partial charge in [0.05, 0.1) is 13.2 Å². The first-order valence-corrected chi connectivity index (χ1v) is 6.21. The number of carbonyl (C=O) groups excluding carboxylic acids is 1. The Morgan fingerprint density at radius 3 is 2.69 bits per heavy atom. The molecule has 1 aromatic carbocycles. The van der Waals surface area contributed by atoms with Crippen molar-refractivity contribution in [2.75, 3.05) is 11.9 Å². The van der Waals surface area contributed by atoms with Gasteiger partial charge in [-0.3, -0.25) is 4.79 Å². The van der Waals surface area contributed by atoms with Crippen LogP contribution in [0.5, 0.6) is 0 Å². The Labute approximate surface area is 104 Å². The smallest absolute Gasteiger partial charge is 0.316 e. The quantitative estimate of drug-likeness (QED) is 0.596. The summed E-state index contributed by atoms with van der Waals surface area (Å²) in [5, 5.41) is 0.218. The molecule has 88 valence electrons. The molecule has 0 amide bonds. The van der Waals surface area contributed by atoms with Gasteiger partial charge in [-0.05, 0) is 12.5 Å². The number of rotatable bonds is 6. The zero-order valence-corrected chi connectivity index (χ0v) is 10.8. The summed E-state index contributed by atoms with van der Waals surface area (Å²) in [6.07, 6.45) is -0.214. The molecule has 0 radical (unpaired) electrons. The summed E-state index contributed by atoms with van der Waals surface area (Å²) in [5.74, 6) is -0.268. The minimum atomic E-state index is -0.268. The molecule has 1 rings (SSSR count). The molecule has 1 unspecified atom stereocenters. The van der Waals surface area contributed by atoms with Gasteiger partial charge in [0.25, 0.3) is 0 Å². The molecule has 16 heavy (non-hydrogen) atoms. The van der Waals surface area contributed by atoms with Gasteiger partial charge in [0.1, 0.15) is 11.4 Å². The zero-order chi connectivity index (χ0) is 11.8. The average Bonchev–Trinajstić information content (AvgIpc) is 2.30. The van der Waals surface area contributed by atoms with Gasteiger partial charge in [-0.1, -0.05) is 46.3 Å². The van der Waals surface area contributed by atoms with E-state index in [2.05, 4.69) is 15.9 Å². The van der Waals surface area contributed by atoms with E-state index in [9.17, 15) is 4.79 Å². The van der Waals surface area contributed by atoms with Crippen LogP contribution in [0.2, 0.25) is 0 Å². The number of carbonyl (C=O) groups is 1. The lowest BCUT2D eigenvalue weighted by Crippen LogP contribution is -2.20. The van der Waals surface area contributed by atoms with Gasteiger partial charge in [0.15, 0.2) is 0 Å². The molecule has 0 fully saturated rings. The first-order valence-electron chi connectivity index (χ1n) is 5.09. The van der Waals surface area contributed by atoms with E-state index in [4.69, 9.17) is 9.47 Å². The van der Waals surface area contributed by atoms with Crippen LogP contribution in [0, 0.1) is 0 Å². The van der Waals surface area contributed by atoms with Crippen molar-refractivity contribution in [1.29, 1.82) is 0 Å². The van der Waals surface area contributed by atoms with Crippen molar-refractivity contribution in [3.05, 3.63) is 35.9 Å². The number of esters is 1. The zero-order valence-electron chi connectivity index (χ0n) is 9.19. The van der Waals surface area contributed by atoms with Gasteiger partial charge >= 0.3 is 5.97 Å². The highest BCUT2D eigenvalue weighted by atomic mass is 79.9. The normalized spacial score (nSPS) is 12.1. The Bertz CT molecular complexity index is 313. The van der Waals surface area contributed by atoms with E-state index in [1.54, 1.807) is 0 Å². The average molecular weight is 287 g/mol. The Balaban J connectivity index is 2.18. The molecule has 0 bridgehead atoms. The number of alkyl halides is 1. The van der Waals surface area contributed by atoms with Crippen molar-refractivity contribution in [1.82, 2.24) is 0 Å². The molecule has 0 aliphatic carbocycles. The van der Waals surface area contributed by atoms with Crippen LogP contribution in [0.15, 0.2) is 30.3 Å². The summed E-state index contributed by atoms with van der Waals surface area (Å²) < 4.78 is 10.5. The van der Waals surface area contributed by atoms with Crippen molar-refractivity contribution in [3.8, 4) is 0 Å². The van der Waals surface area contributed by atoms with Crippen LogP contribution in [0.3, 0.4) is 0 Å². The van der Waals surface area contributed by atoms with Crippen LogP contribution in [-0.2, 0) is 20.9 Å². The topological polar surface area (TPSA) is 35.5 Å². The molecular formula is C12H15BrO3.